The number of hydrogen-bond donors (Lipinski definition) is 3. The summed E-state index contributed by atoms with van der Waals surface area (Å²) < 4.78 is 0. The molecule has 1 rings (SSSR count). The Morgan fingerprint density at radius 1 is 1.62 bits per heavy atom. The van der Waals surface area contributed by atoms with E-state index in [1.807, 2.05) is 0 Å². The Morgan fingerprint density at radius 2 is 2.25 bits per heavy atom. The van der Waals surface area contributed by atoms with E-state index in [2.05, 4.69) is 0 Å². The second-order valence-corrected chi connectivity index (χ2v) is 2.40. The molecule has 0 aromatic heterocycles. The Balaban J connectivity index is 2.54. The van der Waals surface area contributed by atoms with Crippen molar-refractivity contribution in [3.63, 3.8) is 0 Å². The van der Waals surface area contributed by atoms with Gasteiger partial charge in [0.2, 0.25) is 0 Å². The monoisotopic (exact) mass is 117 g/mol. The van der Waals surface area contributed by atoms with Crippen LogP contribution in [0.25, 0.3) is 0 Å². The molecule has 3 nitrogen and oxygen atoms in total. The molecule has 0 spiro atoms. The van der Waals surface area contributed by atoms with Gasteiger partial charge in [-0.25, -0.2) is 0 Å². The van der Waals surface area contributed by atoms with Crippen molar-refractivity contribution in [2.75, 3.05) is 0 Å². The highest BCUT2D eigenvalue weighted by Gasteiger charge is 2.35. The fourth-order valence-corrected chi connectivity index (χ4v) is 0.995. The van der Waals surface area contributed by atoms with E-state index in [1.54, 1.807) is 0 Å². The molecule has 2 unspecified atom stereocenters. The van der Waals surface area contributed by atoms with Gasteiger partial charge in [-0.15, -0.1) is 0 Å². The summed E-state index contributed by atoms with van der Waals surface area (Å²) in [4.78, 5) is 0. The van der Waals surface area contributed by atoms with Gasteiger partial charge in [0.1, 0.15) is 5.72 Å². The normalized spacial score (nSPS) is 47.6. The third-order valence-corrected chi connectivity index (χ3v) is 1.63. The smallest absolute Gasteiger partial charge is 0.139 e. The molecule has 0 aromatic rings. The summed E-state index contributed by atoms with van der Waals surface area (Å²) >= 11 is 0. The van der Waals surface area contributed by atoms with E-state index in [9.17, 15) is 0 Å². The molecule has 1 fully saturated rings. The van der Waals surface area contributed by atoms with E-state index in [1.165, 1.54) is 0 Å². The number of aliphatic hydroxyl groups is 2. The van der Waals surface area contributed by atoms with Crippen LogP contribution in [0.4, 0.5) is 0 Å². The van der Waals surface area contributed by atoms with Gasteiger partial charge in [-0.3, -0.25) is 0 Å². The number of nitrogens with two attached hydrogens (primary N) is 1. The van der Waals surface area contributed by atoms with Crippen molar-refractivity contribution in [2.45, 2.75) is 31.1 Å². The van der Waals surface area contributed by atoms with Crippen molar-refractivity contribution < 1.29 is 10.2 Å². The van der Waals surface area contributed by atoms with Crippen LogP contribution >= 0.6 is 0 Å². The molecule has 2 atom stereocenters. The summed E-state index contributed by atoms with van der Waals surface area (Å²) in [5, 5.41) is 17.9. The number of hydrogen-bond acceptors (Lipinski definition) is 3. The number of rotatable bonds is 0. The molecule has 0 aromatic carbocycles. The predicted octanol–water partition coefficient (Wildman–Crippen LogP) is -0.822. The Morgan fingerprint density at radius 3 is 2.38 bits per heavy atom. The average Bonchev–Trinajstić information content (AvgIpc) is 1.86. The highest BCUT2D eigenvalue weighted by atomic mass is 16.4. The van der Waals surface area contributed by atoms with Crippen molar-refractivity contribution >= 4 is 0 Å². The van der Waals surface area contributed by atoms with Crippen molar-refractivity contribution in [2.24, 2.45) is 5.73 Å². The first-order valence-corrected chi connectivity index (χ1v) is 2.82. The molecule has 4 N–H and O–H groups in total. The van der Waals surface area contributed by atoms with Gasteiger partial charge in [-0.2, -0.15) is 0 Å². The lowest BCUT2D eigenvalue weighted by molar-refractivity contribution is -0.0479. The van der Waals surface area contributed by atoms with Gasteiger partial charge in [0.15, 0.2) is 0 Å². The Kier molecular flexibility index (Phi) is 1.27. The quantitative estimate of drug-likeness (QED) is 0.363. The van der Waals surface area contributed by atoms with Crippen molar-refractivity contribution in [3.8, 4) is 0 Å². The van der Waals surface area contributed by atoms with Crippen molar-refractivity contribution in [1.29, 1.82) is 0 Å². The van der Waals surface area contributed by atoms with E-state index < -0.39 is 11.8 Å². The highest BCUT2D eigenvalue weighted by Crippen LogP contribution is 2.24. The fourth-order valence-electron chi connectivity index (χ4n) is 0.995. The van der Waals surface area contributed by atoms with Crippen LogP contribution in [0.3, 0.4) is 0 Å². The first-order valence-electron chi connectivity index (χ1n) is 2.82. The van der Waals surface area contributed by atoms with Gasteiger partial charge >= 0.3 is 0 Å². The SMILES string of the molecule is NC1(O)CCCC1O. The first kappa shape index (κ1) is 6.01. The fraction of sp³-hybridized carbons (Fsp3) is 1.00. The molecule has 0 aliphatic heterocycles. The Hall–Kier alpha value is -0.120. The standard InChI is InChI=1S/C5H11NO2/c6-5(8)3-1-2-4(5)7/h4,7-8H,1-3,6H2. The lowest BCUT2D eigenvalue weighted by Gasteiger charge is -2.19. The van der Waals surface area contributed by atoms with E-state index in [0.29, 0.717) is 12.8 Å². The van der Waals surface area contributed by atoms with Gasteiger partial charge in [0.25, 0.3) is 0 Å². The predicted molar refractivity (Wildman–Crippen MR) is 29.0 cm³/mol. The third-order valence-electron chi connectivity index (χ3n) is 1.63. The summed E-state index contributed by atoms with van der Waals surface area (Å²) in [6.45, 7) is 0. The molecule has 0 saturated heterocycles. The molecular weight excluding hydrogens is 106 g/mol. The van der Waals surface area contributed by atoms with Crippen molar-refractivity contribution in [1.82, 2.24) is 0 Å². The second-order valence-electron chi connectivity index (χ2n) is 2.40. The maximum Gasteiger partial charge on any atom is 0.139 e. The molecule has 0 amide bonds. The molecule has 3 heteroatoms. The lowest BCUT2D eigenvalue weighted by atomic mass is 10.2. The Bertz CT molecular complexity index is 92.4. The van der Waals surface area contributed by atoms with Crippen LogP contribution in [0, 0.1) is 0 Å². The van der Waals surface area contributed by atoms with Gasteiger partial charge in [-0.1, -0.05) is 0 Å². The van der Waals surface area contributed by atoms with Crippen LogP contribution in [-0.2, 0) is 0 Å². The maximum atomic E-state index is 8.99. The molecule has 0 radical (unpaired) electrons. The topological polar surface area (TPSA) is 66.5 Å². The highest BCUT2D eigenvalue weighted by molar-refractivity contribution is 4.86. The van der Waals surface area contributed by atoms with Crippen LogP contribution < -0.4 is 5.73 Å². The first-order chi connectivity index (χ1) is 3.63. The summed E-state index contributed by atoms with van der Waals surface area (Å²) in [6.07, 6.45) is 1.28. The molecule has 0 bridgehead atoms. The molecule has 48 valence electrons. The zero-order valence-electron chi connectivity index (χ0n) is 4.67. The molecule has 1 saturated carbocycles. The van der Waals surface area contributed by atoms with Crippen LogP contribution in [0.15, 0.2) is 0 Å². The zero-order chi connectivity index (χ0) is 6.20. The summed E-state index contributed by atoms with van der Waals surface area (Å²) in [7, 11) is 0. The van der Waals surface area contributed by atoms with Crippen molar-refractivity contribution in [3.05, 3.63) is 0 Å². The van der Waals surface area contributed by atoms with E-state index in [-0.39, 0.29) is 0 Å². The minimum atomic E-state index is -1.29. The largest absolute Gasteiger partial charge is 0.389 e. The van der Waals surface area contributed by atoms with E-state index >= 15 is 0 Å². The molecule has 0 heterocycles. The Labute approximate surface area is 48.1 Å². The number of aliphatic hydroxyl groups excluding tert-OH is 1. The van der Waals surface area contributed by atoms with Gasteiger partial charge in [0.05, 0.1) is 6.10 Å². The van der Waals surface area contributed by atoms with Crippen LogP contribution in [0.1, 0.15) is 19.3 Å². The minimum absolute atomic E-state index is 0.522. The van der Waals surface area contributed by atoms with E-state index in [4.69, 9.17) is 15.9 Å². The van der Waals surface area contributed by atoms with Gasteiger partial charge in [0, 0.05) is 0 Å². The zero-order valence-corrected chi connectivity index (χ0v) is 4.67. The summed E-state index contributed by atoms with van der Waals surface area (Å²) in [6, 6.07) is 0. The lowest BCUT2D eigenvalue weighted by Crippen LogP contribution is -2.46. The van der Waals surface area contributed by atoms with E-state index in [0.717, 1.165) is 6.42 Å². The van der Waals surface area contributed by atoms with Crippen LogP contribution in [0.5, 0.6) is 0 Å². The molecule has 1 aliphatic rings. The summed E-state index contributed by atoms with van der Waals surface area (Å²) in [5.41, 5.74) is 3.94. The molecular formula is C5H11NO2. The third kappa shape index (κ3) is 0.844. The molecule has 1 aliphatic carbocycles. The average molecular weight is 117 g/mol. The van der Waals surface area contributed by atoms with Crippen LogP contribution in [-0.4, -0.2) is 22.0 Å². The molecule has 8 heavy (non-hydrogen) atoms. The van der Waals surface area contributed by atoms with Gasteiger partial charge in [-0.05, 0) is 19.3 Å². The minimum Gasteiger partial charge on any atom is -0.389 e. The van der Waals surface area contributed by atoms with Gasteiger partial charge < -0.3 is 15.9 Å². The maximum absolute atomic E-state index is 8.99. The second kappa shape index (κ2) is 1.69. The van der Waals surface area contributed by atoms with Crippen LogP contribution in [0.2, 0.25) is 0 Å². The summed E-state index contributed by atoms with van der Waals surface area (Å²) in [5.74, 6) is 0.